The van der Waals surface area contributed by atoms with Gasteiger partial charge in [-0.15, -0.1) is 0 Å². The molecule has 0 aromatic carbocycles. The largest absolute Gasteiger partial charge is 0.544 e. The van der Waals surface area contributed by atoms with E-state index in [1.54, 1.807) is 7.05 Å². The quantitative estimate of drug-likeness (QED) is 0.244. The third kappa shape index (κ3) is 18.1. The van der Waals surface area contributed by atoms with E-state index in [-0.39, 0.29) is 13.2 Å². The summed E-state index contributed by atoms with van der Waals surface area (Å²) in [5, 5.41) is 25.4. The van der Waals surface area contributed by atoms with Gasteiger partial charge in [0.15, 0.2) is 0 Å². The van der Waals surface area contributed by atoms with E-state index in [9.17, 15) is 9.90 Å². The Morgan fingerprint density at radius 1 is 1.77 bits per heavy atom. The number of nitrogens with one attached hydrogen (secondary N) is 1. The van der Waals surface area contributed by atoms with Crippen molar-refractivity contribution in [2.24, 2.45) is 0 Å². The number of hydrogen-bond donors (Lipinski definition) is 3. The summed E-state index contributed by atoms with van der Waals surface area (Å²) in [4.78, 5) is 13.9. The Balaban J connectivity index is 0. The summed E-state index contributed by atoms with van der Waals surface area (Å²) in [7, 11) is 1.69. The number of aliphatic hydroxyl groups is 1. The number of carbonyl (C=O) groups excluding carboxylic acids is 1. The van der Waals surface area contributed by atoms with Gasteiger partial charge in [0, 0.05) is 0 Å². The van der Waals surface area contributed by atoms with Crippen LogP contribution in [0.2, 0.25) is 0 Å². The van der Waals surface area contributed by atoms with Crippen molar-refractivity contribution >= 4 is 5.97 Å². The summed E-state index contributed by atoms with van der Waals surface area (Å²) in [5.41, 5.74) is 0. The molecular weight excluding hydrogens is 178 g/mol. The predicted molar refractivity (Wildman–Crippen MR) is 42.6 cm³/mol. The predicted octanol–water partition coefficient (Wildman–Crippen LogP) is -3.14. The molecule has 78 valence electrons. The first-order valence-electron chi connectivity index (χ1n) is 3.61. The zero-order valence-corrected chi connectivity index (χ0v) is 7.52. The van der Waals surface area contributed by atoms with E-state index in [0.717, 1.165) is 11.2 Å². The molecule has 0 aromatic heterocycles. The van der Waals surface area contributed by atoms with Crippen molar-refractivity contribution in [3.05, 3.63) is 12.8 Å². The molecule has 0 aliphatic carbocycles. The number of quaternary nitrogens is 1. The Labute approximate surface area is 76.6 Å². The molecule has 0 aliphatic heterocycles. The lowest BCUT2D eigenvalue weighted by atomic mass is 10.5. The van der Waals surface area contributed by atoms with Gasteiger partial charge in [0.05, 0.1) is 19.6 Å². The van der Waals surface area contributed by atoms with Crippen LogP contribution in [0.25, 0.3) is 0 Å². The minimum atomic E-state index is -1.08. The first-order chi connectivity index (χ1) is 6.08. The number of likely N-dealkylation sites (N-methyl/N-ethyl adjacent to an activating group) is 1. The van der Waals surface area contributed by atoms with Crippen molar-refractivity contribution < 1.29 is 30.1 Å². The zero-order valence-electron chi connectivity index (χ0n) is 7.52. The van der Waals surface area contributed by atoms with Gasteiger partial charge in [-0.1, -0.05) is 6.58 Å². The van der Waals surface area contributed by atoms with Gasteiger partial charge < -0.3 is 24.8 Å². The molecule has 6 nitrogen and oxygen atoms in total. The lowest BCUT2D eigenvalue weighted by Gasteiger charge is -2.11. The van der Waals surface area contributed by atoms with Gasteiger partial charge >= 0.3 is 0 Å². The second kappa shape index (κ2) is 10.9. The van der Waals surface area contributed by atoms with Crippen LogP contribution in [0.4, 0.5) is 0 Å². The smallest absolute Gasteiger partial charge is 0.122 e. The van der Waals surface area contributed by atoms with Crippen molar-refractivity contribution in [3.8, 4) is 0 Å². The molecule has 6 heteroatoms. The van der Waals surface area contributed by atoms with E-state index in [1.165, 1.54) is 0 Å². The number of carboxylic acid groups (broad SMARTS) is 1. The van der Waals surface area contributed by atoms with Gasteiger partial charge in [-0.25, -0.2) is 5.26 Å². The molecule has 13 heavy (non-hydrogen) atoms. The van der Waals surface area contributed by atoms with Crippen LogP contribution in [0.5, 0.6) is 0 Å². The highest BCUT2D eigenvalue weighted by Crippen LogP contribution is 1.51. The molecule has 3 N–H and O–H groups in total. The van der Waals surface area contributed by atoms with Gasteiger partial charge in [-0.3, -0.25) is 0 Å². The summed E-state index contributed by atoms with van der Waals surface area (Å²) in [5.74, 6) is -1.08. The molecule has 0 saturated heterocycles. The van der Waals surface area contributed by atoms with Crippen molar-refractivity contribution in [3.63, 3.8) is 0 Å². The minimum Gasteiger partial charge on any atom is -0.544 e. The maximum atomic E-state index is 9.87. The van der Waals surface area contributed by atoms with E-state index in [4.69, 9.17) is 10.4 Å². The van der Waals surface area contributed by atoms with Gasteiger partial charge in [0.1, 0.15) is 19.4 Å². The highest BCUT2D eigenvalue weighted by atomic mass is 17.1. The van der Waals surface area contributed by atoms with Crippen LogP contribution >= 0.6 is 0 Å². The normalized spacial score (nSPS) is 10.7. The molecule has 0 amide bonds. The first-order valence-corrected chi connectivity index (χ1v) is 3.61. The second-order valence-corrected chi connectivity index (χ2v) is 2.25. The van der Waals surface area contributed by atoms with Crippen molar-refractivity contribution in [2.75, 3.05) is 26.7 Å². The zero-order chi connectivity index (χ0) is 10.7. The van der Waals surface area contributed by atoms with Crippen molar-refractivity contribution in [2.45, 2.75) is 0 Å². The topological polar surface area (TPSA) is 94.3 Å². The van der Waals surface area contributed by atoms with E-state index >= 15 is 0 Å². The molecule has 0 radical (unpaired) electrons. The van der Waals surface area contributed by atoms with E-state index in [0.29, 0.717) is 6.54 Å². The van der Waals surface area contributed by atoms with Crippen LogP contribution in [0.3, 0.4) is 0 Å². The Bertz CT molecular complexity index is 139. The fourth-order valence-corrected chi connectivity index (χ4v) is 0.526. The van der Waals surface area contributed by atoms with Crippen LogP contribution in [0.1, 0.15) is 0 Å². The van der Waals surface area contributed by atoms with Crippen LogP contribution in [-0.4, -0.2) is 43.1 Å². The summed E-state index contributed by atoms with van der Waals surface area (Å²) >= 11 is 0. The maximum Gasteiger partial charge on any atom is 0.122 e. The number of rotatable bonds is 5. The van der Waals surface area contributed by atoms with Crippen LogP contribution < -0.4 is 10.0 Å². The summed E-state index contributed by atoms with van der Waals surface area (Å²) in [6.45, 7) is 3.43. The Hall–Kier alpha value is -1.11. The van der Waals surface area contributed by atoms with E-state index in [2.05, 4.69) is 11.5 Å². The highest BCUT2D eigenvalue weighted by molar-refractivity contribution is 5.65. The number of aliphatic hydroxyl groups excluding tert-OH is 1. The molecule has 1 atom stereocenters. The van der Waals surface area contributed by atoms with Crippen LogP contribution in [0, 0.1) is 0 Å². The molecule has 1 unspecified atom stereocenters. The van der Waals surface area contributed by atoms with Crippen LogP contribution in [-0.2, 0) is 9.68 Å². The minimum absolute atomic E-state index is 0.0130. The van der Waals surface area contributed by atoms with Gasteiger partial charge in [-0.2, -0.15) is 0 Å². The third-order valence-corrected chi connectivity index (χ3v) is 1.06. The summed E-state index contributed by atoms with van der Waals surface area (Å²) < 4.78 is 0. The number of carbonyl (C=O) groups is 1. The molecule has 0 saturated carbocycles. The molecule has 0 heterocycles. The Morgan fingerprint density at radius 3 is 2.46 bits per heavy atom. The van der Waals surface area contributed by atoms with Gasteiger partial charge in [-0.05, 0) is 0 Å². The maximum absolute atomic E-state index is 9.87. The Morgan fingerprint density at radius 2 is 2.23 bits per heavy atom. The fourth-order valence-electron chi connectivity index (χ4n) is 0.526. The SMILES string of the molecule is C=COO.C[NH+](CCO)CC(=O)[O-]. The lowest BCUT2D eigenvalue weighted by Crippen LogP contribution is -3.10. The average Bonchev–Trinajstić information content (AvgIpc) is 2.04. The van der Waals surface area contributed by atoms with Crippen LogP contribution in [0.15, 0.2) is 12.8 Å². The highest BCUT2D eigenvalue weighted by Gasteiger charge is 1.98. The van der Waals surface area contributed by atoms with E-state index in [1.807, 2.05) is 0 Å². The molecule has 0 spiro atoms. The molecule has 0 fully saturated rings. The van der Waals surface area contributed by atoms with E-state index < -0.39 is 5.97 Å². The fraction of sp³-hybridized carbons (Fsp3) is 0.571. The van der Waals surface area contributed by atoms with Gasteiger partial charge in [0.2, 0.25) is 0 Å². The molecule has 0 aliphatic rings. The number of aliphatic carboxylic acids is 1. The average molecular weight is 193 g/mol. The Kier molecular flexibility index (Phi) is 12.1. The number of carboxylic acids is 1. The third-order valence-electron chi connectivity index (χ3n) is 1.06. The summed E-state index contributed by atoms with van der Waals surface area (Å²) in [6, 6.07) is 0. The molecule has 0 rings (SSSR count). The molecule has 0 bridgehead atoms. The lowest BCUT2D eigenvalue weighted by molar-refractivity contribution is -0.874. The van der Waals surface area contributed by atoms with Gasteiger partial charge in [0.25, 0.3) is 0 Å². The molecule has 0 aromatic rings. The standard InChI is InChI=1S/C5H11NO3.C2H4O2/c1-6(2-3-7)4-5(8)9;1-2-4-3/h7H,2-4H2,1H3,(H,8,9);2-3H,1H2. The molecular formula is C7H15NO5. The summed E-state index contributed by atoms with van der Waals surface area (Å²) in [6.07, 6.45) is 0.931. The monoisotopic (exact) mass is 193 g/mol. The number of hydrogen-bond acceptors (Lipinski definition) is 5. The van der Waals surface area contributed by atoms with Crippen molar-refractivity contribution in [1.82, 2.24) is 0 Å². The van der Waals surface area contributed by atoms with Crippen molar-refractivity contribution in [1.29, 1.82) is 0 Å². The first kappa shape index (κ1) is 14.4. The second-order valence-electron chi connectivity index (χ2n) is 2.25.